The van der Waals surface area contributed by atoms with E-state index in [4.69, 9.17) is 16.9 Å². The van der Waals surface area contributed by atoms with E-state index in [1.54, 1.807) is 25.2 Å². The molecule has 0 bridgehead atoms. The molecule has 0 amide bonds. The molecule has 2 N–H and O–H groups in total. The van der Waals surface area contributed by atoms with Crippen molar-refractivity contribution in [3.8, 4) is 11.8 Å². The molecule has 2 rings (SSSR count). The van der Waals surface area contributed by atoms with Gasteiger partial charge < -0.3 is 15.4 Å². The van der Waals surface area contributed by atoms with Gasteiger partial charge in [-0.1, -0.05) is 23.7 Å². The Balaban J connectivity index is 0.00000364. The van der Waals surface area contributed by atoms with Crippen LogP contribution in [0.5, 0.6) is 5.75 Å². The average molecular weight is 507 g/mol. The number of alkyl halides is 2. The highest BCUT2D eigenvalue weighted by atomic mass is 127. The standard InChI is InChI=1S/C18H17ClF2N4O.HI/c1-23-18(24-10-13-4-2-12(9-22)3-5-13)25-11-14-8-15(19)6-7-16(14)26-17(20)21;/h2-8,17H,10-11H2,1H3,(H2,23,24,25);1H. The quantitative estimate of drug-likeness (QED) is 0.348. The third-order valence-corrected chi connectivity index (χ3v) is 3.69. The normalized spacial score (nSPS) is 10.7. The van der Waals surface area contributed by atoms with E-state index >= 15 is 0 Å². The summed E-state index contributed by atoms with van der Waals surface area (Å²) in [6, 6.07) is 13.6. The Morgan fingerprint density at radius 3 is 2.44 bits per heavy atom. The minimum absolute atomic E-state index is 0. The summed E-state index contributed by atoms with van der Waals surface area (Å²) in [5, 5.41) is 15.3. The van der Waals surface area contributed by atoms with Crippen LogP contribution in [0.4, 0.5) is 8.78 Å². The summed E-state index contributed by atoms with van der Waals surface area (Å²) in [6.45, 7) is -2.22. The fourth-order valence-corrected chi connectivity index (χ4v) is 2.37. The first-order valence-corrected chi connectivity index (χ1v) is 8.06. The molecule has 0 saturated carbocycles. The molecule has 0 saturated heterocycles. The second-order valence-corrected chi connectivity index (χ2v) is 5.66. The van der Waals surface area contributed by atoms with Gasteiger partial charge in [0.05, 0.1) is 11.6 Å². The van der Waals surface area contributed by atoms with Crippen LogP contribution in [0.3, 0.4) is 0 Å². The second kappa shape index (κ2) is 11.6. The average Bonchev–Trinajstić information content (AvgIpc) is 2.64. The lowest BCUT2D eigenvalue weighted by Crippen LogP contribution is -2.36. The van der Waals surface area contributed by atoms with Crippen molar-refractivity contribution in [2.24, 2.45) is 4.99 Å². The van der Waals surface area contributed by atoms with Crippen molar-refractivity contribution < 1.29 is 13.5 Å². The van der Waals surface area contributed by atoms with Crippen molar-refractivity contribution in [2.75, 3.05) is 7.05 Å². The topological polar surface area (TPSA) is 69.4 Å². The smallest absolute Gasteiger partial charge is 0.387 e. The van der Waals surface area contributed by atoms with Crippen molar-refractivity contribution >= 4 is 41.5 Å². The molecule has 0 heterocycles. The van der Waals surface area contributed by atoms with Gasteiger partial charge in [-0.25, -0.2) is 0 Å². The van der Waals surface area contributed by atoms with E-state index < -0.39 is 6.61 Å². The summed E-state index contributed by atoms with van der Waals surface area (Å²) in [6.07, 6.45) is 0. The van der Waals surface area contributed by atoms with Gasteiger partial charge in [0, 0.05) is 30.7 Å². The Labute approximate surface area is 178 Å². The van der Waals surface area contributed by atoms with E-state index in [2.05, 4.69) is 26.4 Å². The minimum Gasteiger partial charge on any atom is -0.434 e. The van der Waals surface area contributed by atoms with Gasteiger partial charge in [0.1, 0.15) is 5.75 Å². The van der Waals surface area contributed by atoms with E-state index in [1.165, 1.54) is 12.1 Å². The Bertz CT molecular complexity index is 810. The van der Waals surface area contributed by atoms with Crippen molar-refractivity contribution in [3.63, 3.8) is 0 Å². The van der Waals surface area contributed by atoms with Gasteiger partial charge >= 0.3 is 6.61 Å². The highest BCUT2D eigenvalue weighted by Crippen LogP contribution is 2.24. The molecule has 2 aromatic carbocycles. The lowest BCUT2D eigenvalue weighted by Gasteiger charge is -2.15. The number of nitrogens with one attached hydrogen (secondary N) is 2. The fourth-order valence-electron chi connectivity index (χ4n) is 2.18. The van der Waals surface area contributed by atoms with E-state index in [0.717, 1.165) is 5.56 Å². The first-order valence-electron chi connectivity index (χ1n) is 7.68. The van der Waals surface area contributed by atoms with E-state index in [1.807, 2.05) is 12.1 Å². The summed E-state index contributed by atoms with van der Waals surface area (Å²) < 4.78 is 29.5. The summed E-state index contributed by atoms with van der Waals surface area (Å²) in [7, 11) is 1.60. The monoisotopic (exact) mass is 506 g/mol. The molecule has 0 aromatic heterocycles. The van der Waals surface area contributed by atoms with Crippen molar-refractivity contribution in [3.05, 3.63) is 64.2 Å². The van der Waals surface area contributed by atoms with E-state index in [9.17, 15) is 8.78 Å². The molecule has 0 atom stereocenters. The number of hydrogen-bond donors (Lipinski definition) is 2. The van der Waals surface area contributed by atoms with Crippen LogP contribution in [-0.4, -0.2) is 19.6 Å². The predicted molar refractivity (Wildman–Crippen MR) is 112 cm³/mol. The Hall–Kier alpha value is -2.12. The summed E-state index contributed by atoms with van der Waals surface area (Å²) in [5.74, 6) is 0.539. The van der Waals surface area contributed by atoms with Crippen LogP contribution in [0.2, 0.25) is 5.02 Å². The minimum atomic E-state index is -2.91. The number of nitrogens with zero attached hydrogens (tertiary/aromatic N) is 2. The molecule has 0 aliphatic carbocycles. The predicted octanol–water partition coefficient (Wildman–Crippen LogP) is 4.30. The lowest BCUT2D eigenvalue weighted by molar-refractivity contribution is -0.0504. The molecule has 0 radical (unpaired) electrons. The maximum Gasteiger partial charge on any atom is 0.387 e. The molecule has 5 nitrogen and oxygen atoms in total. The third-order valence-electron chi connectivity index (χ3n) is 3.45. The Morgan fingerprint density at radius 2 is 1.85 bits per heavy atom. The largest absolute Gasteiger partial charge is 0.434 e. The van der Waals surface area contributed by atoms with Gasteiger partial charge in [0.2, 0.25) is 0 Å². The number of ether oxygens (including phenoxy) is 1. The molecule has 0 fully saturated rings. The molecule has 2 aromatic rings. The first-order chi connectivity index (χ1) is 12.5. The van der Waals surface area contributed by atoms with E-state index in [-0.39, 0.29) is 36.3 Å². The maximum absolute atomic E-state index is 12.5. The van der Waals surface area contributed by atoms with Crippen LogP contribution in [0.15, 0.2) is 47.5 Å². The number of aliphatic imine (C=N–C) groups is 1. The number of hydrogen-bond acceptors (Lipinski definition) is 3. The van der Waals surface area contributed by atoms with Crippen molar-refractivity contribution in [1.29, 1.82) is 5.26 Å². The van der Waals surface area contributed by atoms with Gasteiger partial charge in [0.15, 0.2) is 5.96 Å². The number of nitriles is 1. The highest BCUT2D eigenvalue weighted by molar-refractivity contribution is 14.0. The van der Waals surface area contributed by atoms with Gasteiger partial charge in [-0.3, -0.25) is 4.99 Å². The molecule has 9 heteroatoms. The van der Waals surface area contributed by atoms with Crippen LogP contribution in [-0.2, 0) is 13.1 Å². The van der Waals surface area contributed by atoms with Crippen LogP contribution in [0.1, 0.15) is 16.7 Å². The number of halogens is 4. The van der Waals surface area contributed by atoms with E-state index in [0.29, 0.717) is 28.7 Å². The van der Waals surface area contributed by atoms with Crippen LogP contribution >= 0.6 is 35.6 Å². The molecule has 0 unspecified atom stereocenters. The molecular formula is C18H18ClF2IN4O. The molecule has 144 valence electrons. The van der Waals surface area contributed by atoms with Gasteiger partial charge in [-0.15, -0.1) is 24.0 Å². The van der Waals surface area contributed by atoms with Gasteiger partial charge in [0.25, 0.3) is 0 Å². The molecule has 0 aliphatic rings. The van der Waals surface area contributed by atoms with Crippen LogP contribution in [0.25, 0.3) is 0 Å². The molecule has 27 heavy (non-hydrogen) atoms. The highest BCUT2D eigenvalue weighted by Gasteiger charge is 2.11. The van der Waals surface area contributed by atoms with Crippen molar-refractivity contribution in [1.82, 2.24) is 10.6 Å². The lowest BCUT2D eigenvalue weighted by atomic mass is 10.1. The SMILES string of the molecule is CN=C(NCc1ccc(C#N)cc1)NCc1cc(Cl)ccc1OC(F)F.I. The Morgan fingerprint density at radius 1 is 1.19 bits per heavy atom. The van der Waals surface area contributed by atoms with Gasteiger partial charge in [-0.05, 0) is 35.9 Å². The number of benzene rings is 2. The van der Waals surface area contributed by atoms with Crippen molar-refractivity contribution in [2.45, 2.75) is 19.7 Å². The summed E-state index contributed by atoms with van der Waals surface area (Å²) in [4.78, 5) is 4.09. The third kappa shape index (κ3) is 7.56. The molecule has 0 aliphatic heterocycles. The second-order valence-electron chi connectivity index (χ2n) is 5.22. The summed E-state index contributed by atoms with van der Waals surface area (Å²) >= 11 is 5.93. The maximum atomic E-state index is 12.5. The molecule has 0 spiro atoms. The first kappa shape index (κ1) is 22.9. The fraction of sp³-hybridized carbons (Fsp3) is 0.222. The molecular weight excluding hydrogens is 489 g/mol. The summed E-state index contributed by atoms with van der Waals surface area (Å²) in [5.41, 5.74) is 2.04. The zero-order chi connectivity index (χ0) is 18.9. The Kier molecular flexibility index (Phi) is 9.82. The van der Waals surface area contributed by atoms with Crippen LogP contribution in [0, 0.1) is 11.3 Å². The number of rotatable bonds is 6. The number of guanidine groups is 1. The van der Waals surface area contributed by atoms with Crippen LogP contribution < -0.4 is 15.4 Å². The van der Waals surface area contributed by atoms with Gasteiger partial charge in [-0.2, -0.15) is 14.0 Å². The zero-order valence-electron chi connectivity index (χ0n) is 14.4. The zero-order valence-corrected chi connectivity index (χ0v) is 17.5.